The molecule has 0 aliphatic carbocycles. The zero-order valence-corrected chi connectivity index (χ0v) is 11.6. The van der Waals surface area contributed by atoms with Crippen molar-refractivity contribution in [3.8, 4) is 0 Å². The van der Waals surface area contributed by atoms with Crippen LogP contribution in [-0.4, -0.2) is 38.3 Å². The Morgan fingerprint density at radius 2 is 2.47 bits per heavy atom. The molecule has 1 N–H and O–H groups in total. The van der Waals surface area contributed by atoms with Crippen LogP contribution >= 0.6 is 11.3 Å². The minimum Gasteiger partial charge on any atom is -0.380 e. The number of hydrogen-bond donors (Lipinski definition) is 1. The van der Waals surface area contributed by atoms with Crippen molar-refractivity contribution in [3.63, 3.8) is 0 Å². The van der Waals surface area contributed by atoms with E-state index in [1.54, 1.807) is 18.4 Å². The molecule has 1 aromatic heterocycles. The lowest BCUT2D eigenvalue weighted by atomic mass is 10.1. The summed E-state index contributed by atoms with van der Waals surface area (Å²) in [5.41, 5.74) is 0. The Balaban J connectivity index is 2.04. The Morgan fingerprint density at radius 3 is 3.18 bits per heavy atom. The van der Waals surface area contributed by atoms with Gasteiger partial charge in [0.2, 0.25) is 0 Å². The molecule has 0 aromatic carbocycles. The first-order valence-electron chi connectivity index (χ1n) is 6.15. The highest BCUT2D eigenvalue weighted by molar-refractivity contribution is 7.15. The minimum atomic E-state index is 0.359. The van der Waals surface area contributed by atoms with Gasteiger partial charge in [0.15, 0.2) is 5.13 Å². The summed E-state index contributed by atoms with van der Waals surface area (Å²) in [6.07, 6.45) is 4.70. The van der Waals surface area contributed by atoms with Crippen molar-refractivity contribution >= 4 is 16.5 Å². The molecule has 17 heavy (non-hydrogen) atoms. The molecule has 1 aliphatic heterocycles. The van der Waals surface area contributed by atoms with Crippen LogP contribution in [0.2, 0.25) is 0 Å². The van der Waals surface area contributed by atoms with Gasteiger partial charge < -0.3 is 15.0 Å². The molecule has 0 bridgehead atoms. The van der Waals surface area contributed by atoms with Crippen LogP contribution in [0, 0.1) is 0 Å². The summed E-state index contributed by atoms with van der Waals surface area (Å²) < 4.78 is 5.44. The zero-order valence-electron chi connectivity index (χ0n) is 10.8. The molecule has 4 nitrogen and oxygen atoms in total. The van der Waals surface area contributed by atoms with E-state index in [9.17, 15) is 0 Å². The predicted molar refractivity (Wildman–Crippen MR) is 71.8 cm³/mol. The van der Waals surface area contributed by atoms with Gasteiger partial charge in [-0.2, -0.15) is 0 Å². The second kappa shape index (κ2) is 5.80. The van der Waals surface area contributed by atoms with Crippen molar-refractivity contribution in [2.24, 2.45) is 0 Å². The Morgan fingerprint density at radius 1 is 1.65 bits per heavy atom. The SMILES string of the molecule is CNC(C)c1cnc(N2CCCC(OC)C2)s1. The van der Waals surface area contributed by atoms with Gasteiger partial charge in [0.25, 0.3) is 0 Å². The van der Waals surface area contributed by atoms with E-state index in [0.717, 1.165) is 24.6 Å². The highest BCUT2D eigenvalue weighted by atomic mass is 32.1. The number of nitrogens with one attached hydrogen (secondary N) is 1. The van der Waals surface area contributed by atoms with E-state index in [2.05, 4.69) is 22.1 Å². The van der Waals surface area contributed by atoms with E-state index >= 15 is 0 Å². The summed E-state index contributed by atoms with van der Waals surface area (Å²) in [5.74, 6) is 0. The first-order chi connectivity index (χ1) is 8.24. The van der Waals surface area contributed by atoms with Crippen molar-refractivity contribution in [2.45, 2.75) is 31.9 Å². The summed E-state index contributed by atoms with van der Waals surface area (Å²) in [7, 11) is 3.77. The second-order valence-corrected chi connectivity index (χ2v) is 5.54. The number of rotatable bonds is 4. The van der Waals surface area contributed by atoms with E-state index in [4.69, 9.17) is 4.74 Å². The molecule has 2 heterocycles. The van der Waals surface area contributed by atoms with E-state index in [1.165, 1.54) is 11.3 Å². The molecule has 0 spiro atoms. The first-order valence-corrected chi connectivity index (χ1v) is 6.97. The van der Waals surface area contributed by atoms with E-state index in [0.29, 0.717) is 12.1 Å². The van der Waals surface area contributed by atoms with Crippen molar-refractivity contribution in [2.75, 3.05) is 32.1 Å². The second-order valence-electron chi connectivity index (χ2n) is 4.50. The average molecular weight is 255 g/mol. The van der Waals surface area contributed by atoms with Crippen LogP contribution in [0.4, 0.5) is 5.13 Å². The third kappa shape index (κ3) is 2.97. The largest absolute Gasteiger partial charge is 0.380 e. The van der Waals surface area contributed by atoms with Crippen LogP contribution in [-0.2, 0) is 4.74 Å². The number of aromatic nitrogens is 1. The summed E-state index contributed by atoms with van der Waals surface area (Å²) >= 11 is 1.78. The molecular weight excluding hydrogens is 234 g/mol. The first kappa shape index (κ1) is 12.8. The number of ether oxygens (including phenoxy) is 1. The number of methoxy groups -OCH3 is 1. The lowest BCUT2D eigenvalue weighted by Gasteiger charge is -2.31. The molecule has 0 saturated carbocycles. The van der Waals surface area contributed by atoms with Crippen molar-refractivity contribution in [1.82, 2.24) is 10.3 Å². The highest BCUT2D eigenvalue weighted by Gasteiger charge is 2.22. The Hall–Kier alpha value is -0.650. The van der Waals surface area contributed by atoms with Crippen LogP contribution in [0.1, 0.15) is 30.7 Å². The fourth-order valence-corrected chi connectivity index (χ4v) is 3.08. The molecule has 0 radical (unpaired) electrons. The van der Waals surface area contributed by atoms with Crippen molar-refractivity contribution < 1.29 is 4.74 Å². The lowest BCUT2D eigenvalue weighted by Crippen LogP contribution is -2.39. The van der Waals surface area contributed by atoms with Gasteiger partial charge >= 0.3 is 0 Å². The van der Waals surface area contributed by atoms with Crippen LogP contribution in [0.5, 0.6) is 0 Å². The number of piperidine rings is 1. The fourth-order valence-electron chi connectivity index (χ4n) is 2.07. The molecule has 1 saturated heterocycles. The van der Waals surface area contributed by atoms with Gasteiger partial charge in [-0.3, -0.25) is 0 Å². The van der Waals surface area contributed by atoms with Crippen LogP contribution < -0.4 is 10.2 Å². The number of nitrogens with zero attached hydrogens (tertiary/aromatic N) is 2. The van der Waals surface area contributed by atoms with Crippen LogP contribution in [0.25, 0.3) is 0 Å². The molecule has 2 atom stereocenters. The quantitative estimate of drug-likeness (QED) is 0.893. The van der Waals surface area contributed by atoms with Crippen molar-refractivity contribution in [1.29, 1.82) is 0 Å². The van der Waals surface area contributed by atoms with Crippen LogP contribution in [0.15, 0.2) is 6.20 Å². The summed E-state index contributed by atoms with van der Waals surface area (Å²) in [6, 6.07) is 0.379. The van der Waals surface area contributed by atoms with Gasteiger partial charge in [-0.25, -0.2) is 4.98 Å². The van der Waals surface area contributed by atoms with Gasteiger partial charge in [-0.05, 0) is 26.8 Å². The summed E-state index contributed by atoms with van der Waals surface area (Å²) in [5, 5.41) is 4.37. The Labute approximate surface area is 107 Å². The standard InChI is InChI=1S/C12H21N3OS/c1-9(13-2)11-7-14-12(17-11)15-6-4-5-10(8-15)16-3/h7,9-10,13H,4-6,8H2,1-3H3. The molecule has 1 aromatic rings. The average Bonchev–Trinajstić information content (AvgIpc) is 2.87. The molecule has 0 amide bonds. The van der Waals surface area contributed by atoms with Gasteiger partial charge in [0.1, 0.15) is 0 Å². The third-order valence-electron chi connectivity index (χ3n) is 3.35. The molecule has 2 unspecified atom stereocenters. The molecule has 1 aliphatic rings. The third-order valence-corrected chi connectivity index (χ3v) is 4.59. The molecule has 5 heteroatoms. The topological polar surface area (TPSA) is 37.4 Å². The van der Waals surface area contributed by atoms with Crippen molar-refractivity contribution in [3.05, 3.63) is 11.1 Å². The van der Waals surface area contributed by atoms with Gasteiger partial charge in [-0.15, -0.1) is 11.3 Å². The monoisotopic (exact) mass is 255 g/mol. The van der Waals surface area contributed by atoms with Gasteiger partial charge in [0.05, 0.1) is 6.10 Å². The van der Waals surface area contributed by atoms with E-state index in [1.807, 2.05) is 13.2 Å². The number of thiazole rings is 1. The molecular formula is C12H21N3OS. The number of hydrogen-bond acceptors (Lipinski definition) is 5. The maximum Gasteiger partial charge on any atom is 0.185 e. The summed E-state index contributed by atoms with van der Waals surface area (Å²) in [6.45, 7) is 4.23. The van der Waals surface area contributed by atoms with Gasteiger partial charge in [-0.1, -0.05) is 0 Å². The molecule has 1 fully saturated rings. The summed E-state index contributed by atoms with van der Waals surface area (Å²) in [4.78, 5) is 8.16. The zero-order chi connectivity index (χ0) is 12.3. The minimum absolute atomic E-state index is 0.359. The normalized spacial score (nSPS) is 22.8. The maximum atomic E-state index is 5.44. The number of anilines is 1. The molecule has 2 rings (SSSR count). The van der Waals surface area contributed by atoms with E-state index < -0.39 is 0 Å². The maximum absolute atomic E-state index is 5.44. The van der Waals surface area contributed by atoms with Gasteiger partial charge in [0, 0.05) is 37.3 Å². The Kier molecular flexibility index (Phi) is 4.36. The molecule has 96 valence electrons. The lowest BCUT2D eigenvalue weighted by molar-refractivity contribution is 0.0893. The highest BCUT2D eigenvalue weighted by Crippen LogP contribution is 2.29. The van der Waals surface area contributed by atoms with E-state index in [-0.39, 0.29) is 0 Å². The fraction of sp³-hybridized carbons (Fsp3) is 0.750. The predicted octanol–water partition coefficient (Wildman–Crippen LogP) is 2.04. The smallest absolute Gasteiger partial charge is 0.185 e. The Bertz CT molecular complexity index is 355. The van der Waals surface area contributed by atoms with Crippen LogP contribution in [0.3, 0.4) is 0 Å².